The summed E-state index contributed by atoms with van der Waals surface area (Å²) < 4.78 is 1.24. The maximum absolute atomic E-state index is 3.63. The Labute approximate surface area is 117 Å². The van der Waals surface area contributed by atoms with Crippen LogP contribution in [-0.2, 0) is 6.42 Å². The Morgan fingerprint density at radius 3 is 3.00 bits per heavy atom. The molecule has 0 spiro atoms. The number of thiophene rings is 1. The van der Waals surface area contributed by atoms with Crippen LogP contribution >= 0.6 is 27.3 Å². The van der Waals surface area contributed by atoms with Crippen molar-refractivity contribution in [2.24, 2.45) is 0 Å². The van der Waals surface area contributed by atoms with Crippen molar-refractivity contribution in [1.29, 1.82) is 0 Å². The number of hydrogen-bond donors (Lipinski definition) is 1. The first-order valence-electron chi connectivity index (χ1n) is 6.36. The second-order valence-electron chi connectivity index (χ2n) is 5.06. The van der Waals surface area contributed by atoms with E-state index in [1.807, 2.05) is 11.3 Å². The molecule has 1 aromatic rings. The molecule has 4 heteroatoms. The Morgan fingerprint density at radius 2 is 2.35 bits per heavy atom. The Hall–Kier alpha value is 0.1000. The van der Waals surface area contributed by atoms with E-state index in [4.69, 9.17) is 0 Å². The Balaban J connectivity index is 1.71. The van der Waals surface area contributed by atoms with Crippen molar-refractivity contribution < 1.29 is 0 Å². The molecule has 0 aliphatic carbocycles. The van der Waals surface area contributed by atoms with Crippen molar-refractivity contribution in [2.75, 3.05) is 19.6 Å². The molecule has 1 aromatic heterocycles. The van der Waals surface area contributed by atoms with Crippen LogP contribution in [0.3, 0.4) is 0 Å². The first-order chi connectivity index (χ1) is 8.13. The molecule has 2 rings (SSSR count). The van der Waals surface area contributed by atoms with E-state index in [2.05, 4.69) is 52.1 Å². The molecule has 17 heavy (non-hydrogen) atoms. The van der Waals surface area contributed by atoms with Crippen LogP contribution in [0, 0.1) is 0 Å². The quantitative estimate of drug-likeness (QED) is 0.898. The standard InChI is InChI=1S/C13H21BrN2S/c1-10(2)15-11-5-7-16(9-11)8-6-12-3-4-13(14)17-12/h3-4,10-11,15H,5-9H2,1-2H3. The summed E-state index contributed by atoms with van der Waals surface area (Å²) in [6.07, 6.45) is 2.48. The van der Waals surface area contributed by atoms with Crippen molar-refractivity contribution >= 4 is 27.3 Å². The number of hydrogen-bond acceptors (Lipinski definition) is 3. The highest BCUT2D eigenvalue weighted by atomic mass is 79.9. The molecule has 1 fully saturated rings. The molecule has 1 aliphatic rings. The van der Waals surface area contributed by atoms with Gasteiger partial charge in [-0.2, -0.15) is 0 Å². The zero-order chi connectivity index (χ0) is 12.3. The molecule has 1 N–H and O–H groups in total. The SMILES string of the molecule is CC(C)NC1CCN(CCc2ccc(Br)s2)C1. The third-order valence-corrected chi connectivity index (χ3v) is 4.83. The van der Waals surface area contributed by atoms with Gasteiger partial charge in [0.25, 0.3) is 0 Å². The van der Waals surface area contributed by atoms with Gasteiger partial charge < -0.3 is 10.2 Å². The van der Waals surface area contributed by atoms with Crippen molar-refractivity contribution in [3.63, 3.8) is 0 Å². The number of rotatable bonds is 5. The fraction of sp³-hybridized carbons (Fsp3) is 0.692. The third kappa shape index (κ3) is 4.36. The van der Waals surface area contributed by atoms with Gasteiger partial charge in [0.05, 0.1) is 3.79 Å². The van der Waals surface area contributed by atoms with Gasteiger partial charge in [0, 0.05) is 30.1 Å². The smallest absolute Gasteiger partial charge is 0.0701 e. The third-order valence-electron chi connectivity index (χ3n) is 3.14. The van der Waals surface area contributed by atoms with Gasteiger partial charge in [-0.05, 0) is 47.4 Å². The first kappa shape index (κ1) is 13.5. The largest absolute Gasteiger partial charge is 0.310 e. The van der Waals surface area contributed by atoms with Gasteiger partial charge in [0.15, 0.2) is 0 Å². The minimum Gasteiger partial charge on any atom is -0.310 e. The number of nitrogens with zero attached hydrogens (tertiary/aromatic N) is 1. The van der Waals surface area contributed by atoms with Gasteiger partial charge >= 0.3 is 0 Å². The maximum Gasteiger partial charge on any atom is 0.0701 e. The van der Waals surface area contributed by atoms with Crippen molar-refractivity contribution in [2.45, 2.75) is 38.8 Å². The van der Waals surface area contributed by atoms with Crippen molar-refractivity contribution in [3.8, 4) is 0 Å². The topological polar surface area (TPSA) is 15.3 Å². The fourth-order valence-corrected chi connectivity index (χ4v) is 3.87. The predicted molar refractivity (Wildman–Crippen MR) is 78.8 cm³/mol. The summed E-state index contributed by atoms with van der Waals surface area (Å²) in [6, 6.07) is 5.68. The summed E-state index contributed by atoms with van der Waals surface area (Å²) in [5, 5.41) is 3.63. The molecule has 1 aliphatic heterocycles. The molecular weight excluding hydrogens is 296 g/mol. The molecule has 0 saturated carbocycles. The van der Waals surface area contributed by atoms with E-state index < -0.39 is 0 Å². The van der Waals surface area contributed by atoms with Crippen LogP contribution in [-0.4, -0.2) is 36.6 Å². The molecule has 0 radical (unpaired) electrons. The summed E-state index contributed by atoms with van der Waals surface area (Å²) >= 11 is 5.37. The minimum absolute atomic E-state index is 0.605. The van der Waals surface area contributed by atoms with Gasteiger partial charge in [-0.1, -0.05) is 13.8 Å². The highest BCUT2D eigenvalue weighted by Crippen LogP contribution is 2.23. The van der Waals surface area contributed by atoms with Gasteiger partial charge in [0.2, 0.25) is 0 Å². The molecular formula is C13H21BrN2S. The van der Waals surface area contributed by atoms with Crippen LogP contribution in [0.4, 0.5) is 0 Å². The average molecular weight is 317 g/mol. The maximum atomic E-state index is 3.63. The molecule has 0 aromatic carbocycles. The lowest BCUT2D eigenvalue weighted by atomic mass is 10.2. The lowest BCUT2D eigenvalue weighted by molar-refractivity contribution is 0.329. The average Bonchev–Trinajstić information content (AvgIpc) is 2.84. The minimum atomic E-state index is 0.605. The highest BCUT2D eigenvalue weighted by Gasteiger charge is 2.22. The van der Waals surface area contributed by atoms with Crippen LogP contribution in [0.15, 0.2) is 15.9 Å². The van der Waals surface area contributed by atoms with Crippen LogP contribution in [0.1, 0.15) is 25.1 Å². The van der Waals surface area contributed by atoms with E-state index in [1.165, 1.54) is 41.1 Å². The van der Waals surface area contributed by atoms with E-state index in [0.29, 0.717) is 12.1 Å². The molecule has 2 heterocycles. The molecule has 0 amide bonds. The second kappa shape index (κ2) is 6.32. The van der Waals surface area contributed by atoms with E-state index in [1.54, 1.807) is 0 Å². The van der Waals surface area contributed by atoms with Crippen LogP contribution in [0.25, 0.3) is 0 Å². The summed E-state index contributed by atoms with van der Waals surface area (Å²) in [6.45, 7) is 8.11. The predicted octanol–water partition coefficient (Wildman–Crippen LogP) is 3.13. The Morgan fingerprint density at radius 1 is 1.53 bits per heavy atom. The first-order valence-corrected chi connectivity index (χ1v) is 7.97. The zero-order valence-corrected chi connectivity index (χ0v) is 13.0. The van der Waals surface area contributed by atoms with Gasteiger partial charge in [-0.25, -0.2) is 0 Å². The molecule has 2 nitrogen and oxygen atoms in total. The lowest BCUT2D eigenvalue weighted by Gasteiger charge is -2.17. The second-order valence-corrected chi connectivity index (χ2v) is 7.61. The van der Waals surface area contributed by atoms with Gasteiger partial charge in [0.1, 0.15) is 0 Å². The van der Waals surface area contributed by atoms with E-state index in [9.17, 15) is 0 Å². The van der Waals surface area contributed by atoms with Crippen molar-refractivity contribution in [1.82, 2.24) is 10.2 Å². The summed E-state index contributed by atoms with van der Waals surface area (Å²) in [7, 11) is 0. The zero-order valence-electron chi connectivity index (χ0n) is 10.6. The Kier molecular flexibility index (Phi) is 5.03. The molecule has 0 bridgehead atoms. The molecule has 1 unspecified atom stereocenters. The van der Waals surface area contributed by atoms with Gasteiger partial charge in [-0.15, -0.1) is 11.3 Å². The monoisotopic (exact) mass is 316 g/mol. The summed E-state index contributed by atoms with van der Waals surface area (Å²) in [5.41, 5.74) is 0. The number of halogens is 1. The molecule has 96 valence electrons. The summed E-state index contributed by atoms with van der Waals surface area (Å²) in [4.78, 5) is 4.06. The Bertz CT molecular complexity index is 351. The van der Waals surface area contributed by atoms with Crippen molar-refractivity contribution in [3.05, 3.63) is 20.8 Å². The summed E-state index contributed by atoms with van der Waals surface area (Å²) in [5.74, 6) is 0. The van der Waals surface area contributed by atoms with Crippen LogP contribution < -0.4 is 5.32 Å². The van der Waals surface area contributed by atoms with Gasteiger partial charge in [-0.3, -0.25) is 0 Å². The number of likely N-dealkylation sites (tertiary alicyclic amines) is 1. The normalized spacial score (nSPS) is 21.5. The lowest BCUT2D eigenvalue weighted by Crippen LogP contribution is -2.37. The molecule has 1 saturated heterocycles. The van der Waals surface area contributed by atoms with Crippen LogP contribution in [0.5, 0.6) is 0 Å². The van der Waals surface area contributed by atoms with E-state index in [0.717, 1.165) is 0 Å². The van der Waals surface area contributed by atoms with Crippen LogP contribution in [0.2, 0.25) is 0 Å². The number of nitrogens with one attached hydrogen (secondary N) is 1. The highest BCUT2D eigenvalue weighted by molar-refractivity contribution is 9.11. The van der Waals surface area contributed by atoms with E-state index >= 15 is 0 Å². The fourth-order valence-electron chi connectivity index (χ4n) is 2.40. The molecule has 1 atom stereocenters. The van der Waals surface area contributed by atoms with E-state index in [-0.39, 0.29) is 0 Å².